The van der Waals surface area contributed by atoms with Crippen molar-refractivity contribution in [2.24, 2.45) is 5.41 Å². The lowest BCUT2D eigenvalue weighted by molar-refractivity contribution is -0.115. The van der Waals surface area contributed by atoms with Gasteiger partial charge in [-0.05, 0) is 55.8 Å². The highest BCUT2D eigenvalue weighted by atomic mass is 16.5. The fraction of sp³-hybridized carbons (Fsp3) is 0.417. The molecule has 2 N–H and O–H groups in total. The van der Waals surface area contributed by atoms with E-state index in [0.29, 0.717) is 17.8 Å². The topological polar surface area (TPSA) is 70.7 Å². The molecule has 2 aromatic carbocycles. The zero-order valence-corrected chi connectivity index (χ0v) is 18.8. The summed E-state index contributed by atoms with van der Waals surface area (Å²) in [6.45, 7) is 7.63. The molecule has 0 aliphatic heterocycles. The summed E-state index contributed by atoms with van der Waals surface area (Å²) in [6, 6.07) is 12.7. The summed E-state index contributed by atoms with van der Waals surface area (Å²) < 4.78 is 5.30. The van der Waals surface area contributed by atoms with Gasteiger partial charge in [-0.2, -0.15) is 0 Å². The van der Waals surface area contributed by atoms with Crippen molar-refractivity contribution in [3.8, 4) is 5.75 Å². The lowest BCUT2D eigenvalue weighted by Crippen LogP contribution is -2.40. The van der Waals surface area contributed by atoms with Gasteiger partial charge in [0.1, 0.15) is 5.75 Å². The van der Waals surface area contributed by atoms with Gasteiger partial charge in [-0.15, -0.1) is 0 Å². The number of nitrogens with zero attached hydrogens (tertiary/aromatic N) is 1. The van der Waals surface area contributed by atoms with Crippen LogP contribution in [0.3, 0.4) is 0 Å². The van der Waals surface area contributed by atoms with Crippen LogP contribution >= 0.6 is 0 Å². The molecule has 0 heterocycles. The lowest BCUT2D eigenvalue weighted by atomic mass is 9.93. The van der Waals surface area contributed by atoms with E-state index in [4.69, 9.17) is 4.74 Å². The summed E-state index contributed by atoms with van der Waals surface area (Å²) in [5, 5.41) is 5.88. The van der Waals surface area contributed by atoms with Crippen molar-refractivity contribution in [2.45, 2.75) is 27.2 Å². The largest absolute Gasteiger partial charge is 0.496 e. The van der Waals surface area contributed by atoms with E-state index in [9.17, 15) is 9.59 Å². The minimum Gasteiger partial charge on any atom is -0.496 e. The summed E-state index contributed by atoms with van der Waals surface area (Å²) in [7, 11) is 5.64. The molecule has 0 radical (unpaired) electrons. The van der Waals surface area contributed by atoms with Gasteiger partial charge in [-0.1, -0.05) is 32.0 Å². The van der Waals surface area contributed by atoms with Crippen LogP contribution in [0.4, 0.5) is 5.69 Å². The number of aryl methyl sites for hydroxylation is 1. The number of amides is 2. The van der Waals surface area contributed by atoms with Gasteiger partial charge in [0, 0.05) is 30.4 Å². The zero-order chi connectivity index (χ0) is 22.3. The molecule has 162 valence electrons. The van der Waals surface area contributed by atoms with Gasteiger partial charge < -0.3 is 20.3 Å². The molecule has 0 atom stereocenters. The van der Waals surface area contributed by atoms with E-state index >= 15 is 0 Å². The van der Waals surface area contributed by atoms with Crippen molar-refractivity contribution in [3.05, 3.63) is 59.2 Å². The third kappa shape index (κ3) is 7.19. The van der Waals surface area contributed by atoms with E-state index in [2.05, 4.69) is 29.4 Å². The number of anilines is 1. The maximum Gasteiger partial charge on any atom is 0.251 e. The molecule has 0 aliphatic rings. The van der Waals surface area contributed by atoms with Crippen molar-refractivity contribution in [2.75, 3.05) is 39.6 Å². The van der Waals surface area contributed by atoms with Gasteiger partial charge in [0.05, 0.1) is 13.5 Å². The van der Waals surface area contributed by atoms with Crippen LogP contribution in [0.25, 0.3) is 0 Å². The minimum atomic E-state index is -0.148. The van der Waals surface area contributed by atoms with E-state index in [0.717, 1.165) is 23.4 Å². The molecule has 0 aromatic heterocycles. The fourth-order valence-corrected chi connectivity index (χ4v) is 3.44. The number of rotatable bonds is 9. The van der Waals surface area contributed by atoms with Gasteiger partial charge in [0.15, 0.2) is 0 Å². The molecule has 2 rings (SSSR count). The Balaban J connectivity index is 1.97. The third-order valence-corrected chi connectivity index (χ3v) is 4.72. The van der Waals surface area contributed by atoms with Gasteiger partial charge in [-0.25, -0.2) is 0 Å². The van der Waals surface area contributed by atoms with Crippen LogP contribution in [0.15, 0.2) is 42.5 Å². The summed E-state index contributed by atoms with van der Waals surface area (Å²) in [5.74, 6) is 0.446. The summed E-state index contributed by atoms with van der Waals surface area (Å²) in [6.07, 6.45) is 0.184. The maximum absolute atomic E-state index is 12.6. The average Bonchev–Trinajstić information content (AvgIpc) is 2.66. The standard InChI is InChI=1S/C24H33N3O3/c1-17-10-11-20(14-21(17)30-6)26-22(28)13-18-8-7-9-19(12-18)23(29)25-15-24(2,3)16-27(4)5/h7-12,14H,13,15-16H2,1-6H3,(H,25,29)(H,26,28). The number of carbonyl (C=O) groups is 2. The molecule has 6 heteroatoms. The third-order valence-electron chi connectivity index (χ3n) is 4.72. The Morgan fingerprint density at radius 2 is 1.83 bits per heavy atom. The van der Waals surface area contributed by atoms with E-state index in [1.807, 2.05) is 39.2 Å². The van der Waals surface area contributed by atoms with Crippen LogP contribution in [-0.2, 0) is 11.2 Å². The Hall–Kier alpha value is -2.86. The first-order valence-electron chi connectivity index (χ1n) is 10.1. The summed E-state index contributed by atoms with van der Waals surface area (Å²) >= 11 is 0. The van der Waals surface area contributed by atoms with Crippen molar-refractivity contribution < 1.29 is 14.3 Å². The number of hydrogen-bond acceptors (Lipinski definition) is 4. The van der Waals surface area contributed by atoms with Crippen molar-refractivity contribution in [1.82, 2.24) is 10.2 Å². The summed E-state index contributed by atoms with van der Waals surface area (Å²) in [5.41, 5.74) is 2.98. The Bertz CT molecular complexity index is 891. The molecule has 0 bridgehead atoms. The van der Waals surface area contributed by atoms with Gasteiger partial charge >= 0.3 is 0 Å². The summed E-state index contributed by atoms with van der Waals surface area (Å²) in [4.78, 5) is 27.1. The van der Waals surface area contributed by atoms with Crippen molar-refractivity contribution in [3.63, 3.8) is 0 Å². The van der Waals surface area contributed by atoms with E-state index in [1.165, 1.54) is 0 Å². The van der Waals surface area contributed by atoms with Gasteiger partial charge in [-0.3, -0.25) is 9.59 Å². The molecule has 0 saturated heterocycles. The second-order valence-corrected chi connectivity index (χ2v) is 8.69. The molecule has 0 aliphatic carbocycles. The first-order valence-corrected chi connectivity index (χ1v) is 10.1. The highest BCUT2D eigenvalue weighted by molar-refractivity contribution is 5.95. The number of hydrogen-bond donors (Lipinski definition) is 2. The van der Waals surface area contributed by atoms with Crippen LogP contribution in [0.2, 0.25) is 0 Å². The number of benzene rings is 2. The normalized spacial score (nSPS) is 11.3. The average molecular weight is 412 g/mol. The predicted molar refractivity (Wildman–Crippen MR) is 121 cm³/mol. The molecular formula is C24H33N3O3. The molecule has 6 nitrogen and oxygen atoms in total. The molecule has 0 saturated carbocycles. The van der Waals surface area contributed by atoms with Gasteiger partial charge in [0.2, 0.25) is 5.91 Å². The Kier molecular flexibility index (Phi) is 8.00. The number of carbonyl (C=O) groups excluding carboxylic acids is 2. The predicted octanol–water partition coefficient (Wildman–Crippen LogP) is 3.50. The van der Waals surface area contributed by atoms with Crippen molar-refractivity contribution >= 4 is 17.5 Å². The molecule has 30 heavy (non-hydrogen) atoms. The smallest absolute Gasteiger partial charge is 0.251 e. The lowest BCUT2D eigenvalue weighted by Gasteiger charge is -2.28. The van der Waals surface area contributed by atoms with E-state index in [-0.39, 0.29) is 23.7 Å². The fourth-order valence-electron chi connectivity index (χ4n) is 3.44. The van der Waals surface area contributed by atoms with Gasteiger partial charge in [0.25, 0.3) is 5.91 Å². The van der Waals surface area contributed by atoms with Crippen LogP contribution < -0.4 is 15.4 Å². The quantitative estimate of drug-likeness (QED) is 0.663. The van der Waals surface area contributed by atoms with Crippen molar-refractivity contribution in [1.29, 1.82) is 0 Å². The molecule has 0 spiro atoms. The molecule has 0 unspecified atom stereocenters. The molecular weight excluding hydrogens is 378 g/mol. The Morgan fingerprint density at radius 3 is 2.50 bits per heavy atom. The monoisotopic (exact) mass is 411 g/mol. The number of ether oxygens (including phenoxy) is 1. The van der Waals surface area contributed by atoms with Crippen LogP contribution in [0.1, 0.15) is 35.3 Å². The zero-order valence-electron chi connectivity index (χ0n) is 18.8. The van der Waals surface area contributed by atoms with Crippen LogP contribution in [-0.4, -0.2) is 51.0 Å². The second-order valence-electron chi connectivity index (χ2n) is 8.69. The highest BCUT2D eigenvalue weighted by Gasteiger charge is 2.20. The Labute approximate surface area is 179 Å². The number of nitrogens with one attached hydrogen (secondary N) is 2. The SMILES string of the molecule is COc1cc(NC(=O)Cc2cccc(C(=O)NCC(C)(C)CN(C)C)c2)ccc1C. The number of methoxy groups -OCH3 is 1. The first-order chi connectivity index (χ1) is 14.1. The molecule has 2 amide bonds. The van der Waals surface area contributed by atoms with Crippen LogP contribution in [0, 0.1) is 12.3 Å². The maximum atomic E-state index is 12.6. The second kappa shape index (κ2) is 10.3. The molecule has 2 aromatic rings. The van der Waals surface area contributed by atoms with E-state index < -0.39 is 0 Å². The van der Waals surface area contributed by atoms with E-state index in [1.54, 1.807) is 31.4 Å². The van der Waals surface area contributed by atoms with Crippen LogP contribution in [0.5, 0.6) is 5.75 Å². The minimum absolute atomic E-state index is 0.0360. The Morgan fingerprint density at radius 1 is 1.10 bits per heavy atom. The first kappa shape index (κ1) is 23.4. The molecule has 0 fully saturated rings. The highest BCUT2D eigenvalue weighted by Crippen LogP contribution is 2.22.